The van der Waals surface area contributed by atoms with Crippen molar-refractivity contribution in [2.75, 3.05) is 33.9 Å². The Morgan fingerprint density at radius 3 is 2.86 bits per heavy atom. The molecule has 1 aromatic heterocycles. The van der Waals surface area contributed by atoms with Crippen LogP contribution in [0.3, 0.4) is 0 Å². The molecule has 0 bridgehead atoms. The highest BCUT2D eigenvalue weighted by Crippen LogP contribution is 2.32. The maximum Gasteiger partial charge on any atom is 0.0476 e. The second-order valence-corrected chi connectivity index (χ2v) is 7.38. The Bertz CT molecular complexity index is 587. The first kappa shape index (κ1) is 14.9. The van der Waals surface area contributed by atoms with Crippen molar-refractivity contribution in [3.8, 4) is 0 Å². The van der Waals surface area contributed by atoms with Gasteiger partial charge in [0, 0.05) is 47.0 Å². The predicted molar refractivity (Wildman–Crippen MR) is 90.3 cm³/mol. The summed E-state index contributed by atoms with van der Waals surface area (Å²) in [7, 11) is 4.25. The van der Waals surface area contributed by atoms with Crippen LogP contribution in [-0.4, -0.2) is 49.0 Å². The van der Waals surface area contributed by atoms with Gasteiger partial charge in [0.05, 0.1) is 0 Å². The van der Waals surface area contributed by atoms with Crippen molar-refractivity contribution < 1.29 is 4.74 Å². The highest BCUT2D eigenvalue weighted by atomic mass is 32.2. The van der Waals surface area contributed by atoms with Gasteiger partial charge < -0.3 is 14.6 Å². The van der Waals surface area contributed by atoms with Gasteiger partial charge in [-0.3, -0.25) is 0 Å². The fourth-order valence-electron chi connectivity index (χ4n) is 2.77. The third kappa shape index (κ3) is 3.82. The van der Waals surface area contributed by atoms with Crippen molar-refractivity contribution >= 4 is 22.7 Å². The topological polar surface area (TPSA) is 28.3 Å². The van der Waals surface area contributed by atoms with E-state index in [2.05, 4.69) is 48.4 Å². The Kier molecular flexibility index (Phi) is 4.88. The minimum Gasteiger partial charge on any atom is -0.381 e. The van der Waals surface area contributed by atoms with Gasteiger partial charge in [-0.2, -0.15) is 0 Å². The van der Waals surface area contributed by atoms with Gasteiger partial charge in [0.15, 0.2) is 0 Å². The number of thioether (sulfide) groups is 1. The third-order valence-electron chi connectivity index (χ3n) is 4.04. The van der Waals surface area contributed by atoms with Gasteiger partial charge in [-0.05, 0) is 57.1 Å². The number of hydrogen-bond donors (Lipinski definition) is 1. The summed E-state index contributed by atoms with van der Waals surface area (Å²) in [6.45, 7) is 2.92. The van der Waals surface area contributed by atoms with E-state index >= 15 is 0 Å². The minimum absolute atomic E-state index is 0.709. The first-order valence-electron chi connectivity index (χ1n) is 7.71. The average Bonchev–Trinajstić information content (AvgIpc) is 2.88. The van der Waals surface area contributed by atoms with Crippen LogP contribution >= 0.6 is 11.8 Å². The summed E-state index contributed by atoms with van der Waals surface area (Å²) >= 11 is 2.01. The molecule has 0 aliphatic carbocycles. The van der Waals surface area contributed by atoms with Crippen LogP contribution in [0.5, 0.6) is 0 Å². The second-order valence-electron chi connectivity index (χ2n) is 6.00. The summed E-state index contributed by atoms with van der Waals surface area (Å²) in [5.74, 6) is 0. The molecule has 1 saturated heterocycles. The van der Waals surface area contributed by atoms with Gasteiger partial charge in [0.1, 0.15) is 0 Å². The van der Waals surface area contributed by atoms with E-state index in [0.717, 1.165) is 26.2 Å². The molecule has 1 fully saturated rings. The number of aromatic nitrogens is 1. The maximum absolute atomic E-state index is 5.45. The summed E-state index contributed by atoms with van der Waals surface area (Å²) in [6.07, 6.45) is 5.60. The number of hydrogen-bond acceptors (Lipinski definition) is 3. The van der Waals surface area contributed by atoms with E-state index in [1.165, 1.54) is 34.2 Å². The highest BCUT2D eigenvalue weighted by Gasteiger charge is 2.15. The molecular weight excluding hydrogens is 280 g/mol. The zero-order valence-electron chi connectivity index (χ0n) is 12.9. The van der Waals surface area contributed by atoms with E-state index in [0.29, 0.717) is 5.25 Å². The SMILES string of the molecule is CN(C)CCc1c[nH]c2ccc(SC3CCOCC3)cc12. The van der Waals surface area contributed by atoms with Gasteiger partial charge in [0.2, 0.25) is 0 Å². The Morgan fingerprint density at radius 2 is 2.10 bits per heavy atom. The van der Waals surface area contributed by atoms with E-state index in [-0.39, 0.29) is 0 Å². The lowest BCUT2D eigenvalue weighted by Gasteiger charge is -2.21. The molecule has 0 atom stereocenters. The molecule has 3 nitrogen and oxygen atoms in total. The Balaban J connectivity index is 1.75. The lowest BCUT2D eigenvalue weighted by molar-refractivity contribution is 0.100. The molecule has 0 amide bonds. The van der Waals surface area contributed by atoms with Crippen LogP contribution in [0, 0.1) is 0 Å². The van der Waals surface area contributed by atoms with Gasteiger partial charge in [-0.15, -0.1) is 11.8 Å². The van der Waals surface area contributed by atoms with Crippen molar-refractivity contribution in [2.45, 2.75) is 29.4 Å². The summed E-state index contributed by atoms with van der Waals surface area (Å²) in [6, 6.07) is 6.82. The Morgan fingerprint density at radius 1 is 1.29 bits per heavy atom. The number of ether oxygens (including phenoxy) is 1. The molecule has 0 unspecified atom stereocenters. The van der Waals surface area contributed by atoms with E-state index in [4.69, 9.17) is 4.74 Å². The smallest absolute Gasteiger partial charge is 0.0476 e. The molecule has 0 radical (unpaired) electrons. The van der Waals surface area contributed by atoms with Gasteiger partial charge in [-0.1, -0.05) is 0 Å². The lowest BCUT2D eigenvalue weighted by Crippen LogP contribution is -2.17. The van der Waals surface area contributed by atoms with Crippen molar-refractivity contribution in [2.24, 2.45) is 0 Å². The van der Waals surface area contributed by atoms with Crippen LogP contribution in [0.4, 0.5) is 0 Å². The quantitative estimate of drug-likeness (QED) is 0.916. The zero-order valence-corrected chi connectivity index (χ0v) is 13.7. The molecule has 3 rings (SSSR count). The molecule has 1 aliphatic heterocycles. The van der Waals surface area contributed by atoms with Crippen LogP contribution in [0.2, 0.25) is 0 Å². The first-order chi connectivity index (χ1) is 10.2. The van der Waals surface area contributed by atoms with Crippen molar-refractivity contribution in [3.05, 3.63) is 30.0 Å². The van der Waals surface area contributed by atoms with Gasteiger partial charge >= 0.3 is 0 Å². The highest BCUT2D eigenvalue weighted by molar-refractivity contribution is 8.00. The molecule has 2 heterocycles. The molecule has 114 valence electrons. The Hall–Kier alpha value is -0.970. The molecule has 1 aliphatic rings. The van der Waals surface area contributed by atoms with E-state index in [9.17, 15) is 0 Å². The fourth-order valence-corrected chi connectivity index (χ4v) is 3.91. The number of benzene rings is 1. The van der Waals surface area contributed by atoms with Crippen molar-refractivity contribution in [1.82, 2.24) is 9.88 Å². The second kappa shape index (κ2) is 6.86. The minimum atomic E-state index is 0.709. The molecule has 4 heteroatoms. The molecule has 1 N–H and O–H groups in total. The fraction of sp³-hybridized carbons (Fsp3) is 0.529. The Labute approximate surface area is 131 Å². The molecule has 0 spiro atoms. The summed E-state index contributed by atoms with van der Waals surface area (Å²) < 4.78 is 5.45. The average molecular weight is 304 g/mol. The van der Waals surface area contributed by atoms with Crippen LogP contribution < -0.4 is 0 Å². The van der Waals surface area contributed by atoms with Crippen LogP contribution in [-0.2, 0) is 11.2 Å². The van der Waals surface area contributed by atoms with E-state index in [1.54, 1.807) is 0 Å². The van der Waals surface area contributed by atoms with Crippen molar-refractivity contribution in [1.29, 1.82) is 0 Å². The first-order valence-corrected chi connectivity index (χ1v) is 8.59. The zero-order chi connectivity index (χ0) is 14.7. The number of rotatable bonds is 5. The monoisotopic (exact) mass is 304 g/mol. The summed E-state index contributed by atoms with van der Waals surface area (Å²) in [5.41, 5.74) is 2.67. The standard InChI is InChI=1S/C17H24N2OS/c1-19(2)8-5-13-12-18-17-4-3-15(11-16(13)17)21-14-6-9-20-10-7-14/h3-4,11-12,14,18H,5-10H2,1-2H3. The predicted octanol–water partition coefficient (Wildman–Crippen LogP) is 3.54. The maximum atomic E-state index is 5.45. The largest absolute Gasteiger partial charge is 0.381 e. The molecule has 2 aromatic rings. The van der Waals surface area contributed by atoms with Gasteiger partial charge in [0.25, 0.3) is 0 Å². The third-order valence-corrected chi connectivity index (χ3v) is 5.37. The normalized spacial score (nSPS) is 16.9. The molecular formula is C17H24N2OS. The lowest BCUT2D eigenvalue weighted by atomic mass is 10.1. The van der Waals surface area contributed by atoms with Crippen LogP contribution in [0.15, 0.2) is 29.3 Å². The van der Waals surface area contributed by atoms with Crippen LogP contribution in [0.25, 0.3) is 10.9 Å². The molecule has 21 heavy (non-hydrogen) atoms. The van der Waals surface area contributed by atoms with E-state index < -0.39 is 0 Å². The summed E-state index contributed by atoms with van der Waals surface area (Å²) in [4.78, 5) is 7.02. The summed E-state index contributed by atoms with van der Waals surface area (Å²) in [5, 5.41) is 2.09. The number of nitrogens with one attached hydrogen (secondary N) is 1. The van der Waals surface area contributed by atoms with Crippen LogP contribution in [0.1, 0.15) is 18.4 Å². The van der Waals surface area contributed by atoms with E-state index in [1.807, 2.05) is 11.8 Å². The number of aromatic amines is 1. The molecule has 0 saturated carbocycles. The number of nitrogens with zero attached hydrogens (tertiary/aromatic N) is 1. The number of fused-ring (bicyclic) bond motifs is 1. The number of likely N-dealkylation sites (N-methyl/N-ethyl adjacent to an activating group) is 1. The number of H-pyrrole nitrogens is 1. The molecule has 1 aromatic carbocycles. The van der Waals surface area contributed by atoms with Gasteiger partial charge in [-0.25, -0.2) is 0 Å². The van der Waals surface area contributed by atoms with Crippen molar-refractivity contribution in [3.63, 3.8) is 0 Å².